The monoisotopic (exact) mass is 395 g/mol. The molecule has 3 fully saturated rings. The standard InChI is InChI=1S/C23H29N3O3/c27-21-13-17(22(28)24-18-6-1-2-7-18)14-26(21)19-8-9-20-16(12-19)10-11-25(20)23(29)15-4-3-5-15/h8-9,12,15,17-18H,1-7,10-11,13-14H2,(H,24,28)/t17-/m0/s1. The fourth-order valence-corrected chi connectivity index (χ4v) is 5.18. The molecule has 6 heteroatoms. The summed E-state index contributed by atoms with van der Waals surface area (Å²) in [5.74, 6) is 0.208. The summed E-state index contributed by atoms with van der Waals surface area (Å²) in [6.45, 7) is 1.18. The molecule has 0 unspecified atom stereocenters. The van der Waals surface area contributed by atoms with E-state index in [2.05, 4.69) is 5.32 Å². The fourth-order valence-electron chi connectivity index (χ4n) is 5.18. The van der Waals surface area contributed by atoms with Crippen LogP contribution in [-0.2, 0) is 20.8 Å². The lowest BCUT2D eigenvalue weighted by molar-refractivity contribution is -0.127. The molecule has 0 aromatic heterocycles. The van der Waals surface area contributed by atoms with Gasteiger partial charge in [-0.3, -0.25) is 14.4 Å². The second-order valence-electron chi connectivity index (χ2n) is 9.08. The molecular formula is C23H29N3O3. The molecule has 2 saturated carbocycles. The smallest absolute Gasteiger partial charge is 0.230 e. The predicted octanol–water partition coefficient (Wildman–Crippen LogP) is 2.79. The molecule has 29 heavy (non-hydrogen) atoms. The molecule has 1 N–H and O–H groups in total. The maximum Gasteiger partial charge on any atom is 0.230 e. The highest BCUT2D eigenvalue weighted by atomic mass is 16.2. The molecule has 154 valence electrons. The minimum atomic E-state index is -0.270. The van der Waals surface area contributed by atoms with Gasteiger partial charge in [0.05, 0.1) is 5.92 Å². The van der Waals surface area contributed by atoms with Crippen molar-refractivity contribution >= 4 is 29.1 Å². The number of anilines is 2. The molecule has 1 aromatic carbocycles. The van der Waals surface area contributed by atoms with Crippen LogP contribution in [0.15, 0.2) is 18.2 Å². The Morgan fingerprint density at radius 2 is 1.79 bits per heavy atom. The van der Waals surface area contributed by atoms with Gasteiger partial charge >= 0.3 is 0 Å². The Morgan fingerprint density at radius 3 is 2.52 bits per heavy atom. The average Bonchev–Trinajstić information content (AvgIpc) is 3.39. The van der Waals surface area contributed by atoms with Crippen LogP contribution in [0.4, 0.5) is 11.4 Å². The number of benzene rings is 1. The van der Waals surface area contributed by atoms with Crippen LogP contribution in [0.3, 0.4) is 0 Å². The largest absolute Gasteiger partial charge is 0.353 e. The Morgan fingerprint density at radius 1 is 1.00 bits per heavy atom. The SMILES string of the molecule is O=C(NC1CCCC1)[C@H]1CC(=O)N(c2ccc3c(c2)CCN3C(=O)C2CCC2)C1. The van der Waals surface area contributed by atoms with E-state index in [0.717, 1.165) is 62.0 Å². The number of fused-ring (bicyclic) bond motifs is 1. The number of carbonyl (C=O) groups excluding carboxylic acids is 3. The third-order valence-corrected chi connectivity index (χ3v) is 7.19. The van der Waals surface area contributed by atoms with Crippen molar-refractivity contribution in [3.63, 3.8) is 0 Å². The molecule has 0 bridgehead atoms. The highest BCUT2D eigenvalue weighted by Gasteiger charge is 2.37. The van der Waals surface area contributed by atoms with Crippen LogP contribution < -0.4 is 15.1 Å². The Bertz CT molecular complexity index is 842. The zero-order valence-corrected chi connectivity index (χ0v) is 16.9. The van der Waals surface area contributed by atoms with E-state index in [1.165, 1.54) is 12.8 Å². The molecule has 1 atom stereocenters. The zero-order chi connectivity index (χ0) is 20.0. The van der Waals surface area contributed by atoms with Crippen molar-refractivity contribution in [1.82, 2.24) is 5.32 Å². The number of amides is 3. The summed E-state index contributed by atoms with van der Waals surface area (Å²) >= 11 is 0. The van der Waals surface area contributed by atoms with Gasteiger partial charge < -0.3 is 15.1 Å². The molecule has 2 aliphatic carbocycles. The Balaban J connectivity index is 1.27. The van der Waals surface area contributed by atoms with Gasteiger partial charge in [-0.05, 0) is 55.9 Å². The van der Waals surface area contributed by atoms with E-state index < -0.39 is 0 Å². The van der Waals surface area contributed by atoms with Crippen molar-refractivity contribution in [2.75, 3.05) is 22.9 Å². The highest BCUT2D eigenvalue weighted by molar-refractivity contribution is 6.01. The first-order chi connectivity index (χ1) is 14.1. The summed E-state index contributed by atoms with van der Waals surface area (Å²) in [5.41, 5.74) is 2.97. The van der Waals surface area contributed by atoms with Crippen LogP contribution in [0, 0.1) is 11.8 Å². The molecule has 0 radical (unpaired) electrons. The third kappa shape index (κ3) is 3.43. The van der Waals surface area contributed by atoms with E-state index in [0.29, 0.717) is 6.54 Å². The molecule has 3 amide bonds. The number of hydrogen-bond acceptors (Lipinski definition) is 3. The van der Waals surface area contributed by atoms with Gasteiger partial charge in [-0.2, -0.15) is 0 Å². The zero-order valence-electron chi connectivity index (χ0n) is 16.9. The van der Waals surface area contributed by atoms with Crippen molar-refractivity contribution in [3.05, 3.63) is 23.8 Å². The van der Waals surface area contributed by atoms with Crippen molar-refractivity contribution in [2.24, 2.45) is 11.8 Å². The van der Waals surface area contributed by atoms with Crippen molar-refractivity contribution in [2.45, 2.75) is 63.8 Å². The lowest BCUT2D eigenvalue weighted by Crippen LogP contribution is -2.38. The lowest BCUT2D eigenvalue weighted by Gasteiger charge is -2.29. The van der Waals surface area contributed by atoms with Gasteiger partial charge in [0.1, 0.15) is 0 Å². The van der Waals surface area contributed by atoms with Crippen LogP contribution in [0.2, 0.25) is 0 Å². The molecule has 2 heterocycles. The van der Waals surface area contributed by atoms with Gasteiger partial charge in [-0.15, -0.1) is 0 Å². The Labute approximate surface area is 171 Å². The van der Waals surface area contributed by atoms with Crippen LogP contribution in [0.25, 0.3) is 0 Å². The quantitative estimate of drug-likeness (QED) is 0.852. The van der Waals surface area contributed by atoms with Crippen molar-refractivity contribution < 1.29 is 14.4 Å². The minimum absolute atomic E-state index is 0.0110. The van der Waals surface area contributed by atoms with Gasteiger partial charge in [0.15, 0.2) is 0 Å². The van der Waals surface area contributed by atoms with Crippen LogP contribution in [-0.4, -0.2) is 36.9 Å². The Hall–Kier alpha value is -2.37. The second kappa shape index (κ2) is 7.47. The predicted molar refractivity (Wildman–Crippen MR) is 111 cm³/mol. The minimum Gasteiger partial charge on any atom is -0.353 e. The lowest BCUT2D eigenvalue weighted by atomic mass is 9.84. The molecule has 6 nitrogen and oxygen atoms in total. The first-order valence-electron chi connectivity index (χ1n) is 11.1. The van der Waals surface area contributed by atoms with E-state index in [1.807, 2.05) is 23.1 Å². The number of hydrogen-bond donors (Lipinski definition) is 1. The van der Waals surface area contributed by atoms with E-state index in [1.54, 1.807) is 4.90 Å². The molecule has 1 saturated heterocycles. The van der Waals surface area contributed by atoms with Gasteiger partial charge in [0, 0.05) is 42.8 Å². The average molecular weight is 396 g/mol. The van der Waals surface area contributed by atoms with Crippen LogP contribution in [0.5, 0.6) is 0 Å². The topological polar surface area (TPSA) is 69.7 Å². The molecule has 4 aliphatic rings. The fraction of sp³-hybridized carbons (Fsp3) is 0.609. The maximum absolute atomic E-state index is 12.7. The second-order valence-corrected chi connectivity index (χ2v) is 9.08. The summed E-state index contributed by atoms with van der Waals surface area (Å²) in [5, 5.41) is 3.13. The van der Waals surface area contributed by atoms with Gasteiger partial charge in [0.25, 0.3) is 0 Å². The third-order valence-electron chi connectivity index (χ3n) is 7.19. The van der Waals surface area contributed by atoms with Crippen molar-refractivity contribution in [3.8, 4) is 0 Å². The van der Waals surface area contributed by atoms with Crippen molar-refractivity contribution in [1.29, 1.82) is 0 Å². The van der Waals surface area contributed by atoms with Crippen LogP contribution >= 0.6 is 0 Å². The molecule has 5 rings (SSSR count). The van der Waals surface area contributed by atoms with E-state index in [4.69, 9.17) is 0 Å². The highest BCUT2D eigenvalue weighted by Crippen LogP contribution is 2.37. The summed E-state index contributed by atoms with van der Waals surface area (Å²) in [6.07, 6.45) is 8.74. The van der Waals surface area contributed by atoms with E-state index in [-0.39, 0.29) is 42.0 Å². The van der Waals surface area contributed by atoms with E-state index in [9.17, 15) is 14.4 Å². The summed E-state index contributed by atoms with van der Waals surface area (Å²) < 4.78 is 0. The molecular weight excluding hydrogens is 366 g/mol. The number of nitrogens with one attached hydrogen (secondary N) is 1. The normalized spacial score (nSPS) is 24.7. The van der Waals surface area contributed by atoms with Gasteiger partial charge in [0.2, 0.25) is 17.7 Å². The summed E-state index contributed by atoms with van der Waals surface area (Å²) in [7, 11) is 0. The first kappa shape index (κ1) is 18.6. The summed E-state index contributed by atoms with van der Waals surface area (Å²) in [4.78, 5) is 41.5. The number of carbonyl (C=O) groups is 3. The number of rotatable bonds is 4. The number of nitrogens with zero attached hydrogens (tertiary/aromatic N) is 2. The molecule has 2 aliphatic heterocycles. The van der Waals surface area contributed by atoms with Gasteiger partial charge in [-0.25, -0.2) is 0 Å². The molecule has 0 spiro atoms. The Kier molecular flexibility index (Phi) is 4.80. The van der Waals surface area contributed by atoms with E-state index >= 15 is 0 Å². The molecule has 1 aromatic rings. The van der Waals surface area contributed by atoms with Gasteiger partial charge in [-0.1, -0.05) is 19.3 Å². The summed E-state index contributed by atoms with van der Waals surface area (Å²) in [6, 6.07) is 6.23. The first-order valence-corrected chi connectivity index (χ1v) is 11.1. The maximum atomic E-state index is 12.7. The van der Waals surface area contributed by atoms with Crippen LogP contribution in [0.1, 0.15) is 56.9 Å².